The largest absolute Gasteiger partial charge is 0.324 e. The van der Waals surface area contributed by atoms with Gasteiger partial charge >= 0.3 is 0 Å². The molecule has 1 atom stereocenters. The van der Waals surface area contributed by atoms with Gasteiger partial charge < -0.3 is 5.73 Å². The summed E-state index contributed by atoms with van der Waals surface area (Å²) >= 11 is 5.70. The molecular weight excluding hydrogens is 189 g/mol. The molecule has 0 amide bonds. The predicted octanol–water partition coefficient (Wildman–Crippen LogP) is 3.13. The fourth-order valence-electron chi connectivity index (χ4n) is 1.15. The molecule has 0 aliphatic heterocycles. The molecule has 1 nitrogen and oxygen atoms in total. The van der Waals surface area contributed by atoms with Crippen molar-refractivity contribution in [2.45, 2.75) is 19.9 Å². The van der Waals surface area contributed by atoms with Crippen molar-refractivity contribution in [1.82, 2.24) is 0 Å². The number of hydrogen-bond donors (Lipinski definition) is 1. The van der Waals surface area contributed by atoms with Gasteiger partial charge in [0.15, 0.2) is 0 Å². The lowest BCUT2D eigenvalue weighted by Crippen LogP contribution is -2.16. The molecule has 1 aromatic rings. The molecule has 0 fully saturated rings. The summed E-state index contributed by atoms with van der Waals surface area (Å²) in [5.41, 5.74) is 6.60. The Morgan fingerprint density at radius 3 is 2.38 bits per heavy atom. The number of hydrogen-bond acceptors (Lipinski definition) is 1. The Labute approximate surface area is 82.7 Å². The molecule has 0 heterocycles. The van der Waals surface area contributed by atoms with Crippen LogP contribution in [0.3, 0.4) is 0 Å². The van der Waals surface area contributed by atoms with Crippen LogP contribution in [0.4, 0.5) is 4.39 Å². The summed E-state index contributed by atoms with van der Waals surface area (Å²) in [6.45, 7) is 3.98. The fraction of sp³-hybridized carbons (Fsp3) is 0.400. The molecule has 1 rings (SSSR count). The summed E-state index contributed by atoms with van der Waals surface area (Å²) in [5, 5.41) is 0.395. The summed E-state index contributed by atoms with van der Waals surface area (Å²) in [6.07, 6.45) is 0. The molecule has 0 unspecified atom stereocenters. The minimum atomic E-state index is -0.335. The van der Waals surface area contributed by atoms with Crippen molar-refractivity contribution in [1.29, 1.82) is 0 Å². The first-order valence-corrected chi connectivity index (χ1v) is 4.60. The normalized spacial score (nSPS) is 13.4. The molecule has 13 heavy (non-hydrogen) atoms. The van der Waals surface area contributed by atoms with Gasteiger partial charge in [-0.25, -0.2) is 4.39 Å². The molecule has 0 saturated heterocycles. The smallest absolute Gasteiger partial charge is 0.125 e. The van der Waals surface area contributed by atoms with Crippen molar-refractivity contribution in [3.05, 3.63) is 34.6 Å². The van der Waals surface area contributed by atoms with Crippen LogP contribution in [0.15, 0.2) is 18.2 Å². The average molecular weight is 202 g/mol. The molecule has 0 aliphatic carbocycles. The fourth-order valence-corrected chi connectivity index (χ4v) is 1.38. The number of halogens is 2. The lowest BCUT2D eigenvalue weighted by molar-refractivity contribution is 0.510. The summed E-state index contributed by atoms with van der Waals surface area (Å²) in [7, 11) is 0. The van der Waals surface area contributed by atoms with E-state index in [1.165, 1.54) is 12.1 Å². The van der Waals surface area contributed by atoms with Gasteiger partial charge in [-0.3, -0.25) is 0 Å². The molecule has 0 saturated carbocycles. The van der Waals surface area contributed by atoms with Crippen molar-refractivity contribution in [3.8, 4) is 0 Å². The van der Waals surface area contributed by atoms with Gasteiger partial charge in [-0.2, -0.15) is 0 Å². The molecule has 1 aromatic carbocycles. The van der Waals surface area contributed by atoms with E-state index in [0.717, 1.165) is 5.56 Å². The Hall–Kier alpha value is -0.600. The highest BCUT2D eigenvalue weighted by molar-refractivity contribution is 6.30. The molecular formula is C10H13ClFN. The average Bonchev–Trinajstić information content (AvgIpc) is 2.01. The van der Waals surface area contributed by atoms with E-state index >= 15 is 0 Å². The van der Waals surface area contributed by atoms with E-state index in [2.05, 4.69) is 0 Å². The van der Waals surface area contributed by atoms with Crippen molar-refractivity contribution in [3.63, 3.8) is 0 Å². The first-order valence-electron chi connectivity index (χ1n) is 4.22. The molecule has 2 N–H and O–H groups in total. The topological polar surface area (TPSA) is 26.0 Å². The van der Waals surface area contributed by atoms with Crippen molar-refractivity contribution >= 4 is 11.6 Å². The quantitative estimate of drug-likeness (QED) is 0.782. The number of rotatable bonds is 2. The van der Waals surface area contributed by atoms with Crippen LogP contribution < -0.4 is 5.73 Å². The number of benzene rings is 1. The van der Waals surface area contributed by atoms with Crippen LogP contribution >= 0.6 is 11.6 Å². The maximum Gasteiger partial charge on any atom is 0.125 e. The third-order valence-electron chi connectivity index (χ3n) is 1.99. The van der Waals surface area contributed by atoms with Gasteiger partial charge in [-0.1, -0.05) is 25.4 Å². The molecule has 0 aromatic heterocycles. The van der Waals surface area contributed by atoms with E-state index in [0.29, 0.717) is 5.02 Å². The van der Waals surface area contributed by atoms with Gasteiger partial charge in [0.05, 0.1) is 0 Å². The van der Waals surface area contributed by atoms with Crippen LogP contribution in [0, 0.1) is 11.7 Å². The van der Waals surface area contributed by atoms with E-state index in [1.54, 1.807) is 6.07 Å². The Kier molecular flexibility index (Phi) is 3.28. The molecule has 0 bridgehead atoms. The molecule has 0 aliphatic rings. The van der Waals surface area contributed by atoms with Gasteiger partial charge in [-0.05, 0) is 29.7 Å². The molecule has 0 spiro atoms. The lowest BCUT2D eigenvalue weighted by atomic mass is 9.97. The van der Waals surface area contributed by atoms with Crippen LogP contribution in [0.1, 0.15) is 25.5 Å². The van der Waals surface area contributed by atoms with Gasteiger partial charge in [-0.15, -0.1) is 0 Å². The Bertz CT molecular complexity index is 279. The van der Waals surface area contributed by atoms with Gasteiger partial charge in [0, 0.05) is 11.1 Å². The maximum absolute atomic E-state index is 12.9. The van der Waals surface area contributed by atoms with E-state index in [1.807, 2.05) is 13.8 Å². The second-order valence-electron chi connectivity index (χ2n) is 3.47. The lowest BCUT2D eigenvalue weighted by Gasteiger charge is -2.16. The highest BCUT2D eigenvalue weighted by Gasteiger charge is 2.11. The highest BCUT2D eigenvalue weighted by atomic mass is 35.5. The van der Waals surface area contributed by atoms with Gasteiger partial charge in [0.25, 0.3) is 0 Å². The summed E-state index contributed by atoms with van der Waals surface area (Å²) in [6, 6.07) is 4.25. The summed E-state index contributed by atoms with van der Waals surface area (Å²) < 4.78 is 12.9. The zero-order valence-electron chi connectivity index (χ0n) is 7.72. The SMILES string of the molecule is CC(C)[C@H](N)c1cc(F)cc(Cl)c1. The third kappa shape index (κ3) is 2.68. The third-order valence-corrected chi connectivity index (χ3v) is 2.21. The zero-order valence-corrected chi connectivity index (χ0v) is 8.48. The van der Waals surface area contributed by atoms with Crippen LogP contribution in [-0.4, -0.2) is 0 Å². The maximum atomic E-state index is 12.9. The van der Waals surface area contributed by atoms with Gasteiger partial charge in [0.1, 0.15) is 5.82 Å². The van der Waals surface area contributed by atoms with Crippen molar-refractivity contribution in [2.24, 2.45) is 11.7 Å². The van der Waals surface area contributed by atoms with E-state index in [9.17, 15) is 4.39 Å². The predicted molar refractivity (Wildman–Crippen MR) is 53.2 cm³/mol. The van der Waals surface area contributed by atoms with E-state index in [-0.39, 0.29) is 17.8 Å². The van der Waals surface area contributed by atoms with Crippen LogP contribution in [0.5, 0.6) is 0 Å². The Morgan fingerprint density at radius 2 is 1.92 bits per heavy atom. The van der Waals surface area contributed by atoms with E-state index < -0.39 is 0 Å². The summed E-state index contributed by atoms with van der Waals surface area (Å²) in [4.78, 5) is 0. The molecule has 3 heteroatoms. The van der Waals surface area contributed by atoms with Crippen LogP contribution in [-0.2, 0) is 0 Å². The minimum Gasteiger partial charge on any atom is -0.324 e. The van der Waals surface area contributed by atoms with E-state index in [4.69, 9.17) is 17.3 Å². The highest BCUT2D eigenvalue weighted by Crippen LogP contribution is 2.23. The summed E-state index contributed by atoms with van der Waals surface area (Å²) in [5.74, 6) is -0.0588. The number of nitrogens with two attached hydrogens (primary N) is 1. The Morgan fingerprint density at radius 1 is 1.31 bits per heavy atom. The first-order chi connectivity index (χ1) is 6.00. The Balaban J connectivity index is 3.01. The van der Waals surface area contributed by atoms with Crippen LogP contribution in [0.25, 0.3) is 0 Å². The minimum absolute atomic E-state index is 0.159. The standard InChI is InChI=1S/C10H13ClFN/c1-6(2)10(13)7-3-8(11)5-9(12)4-7/h3-6,10H,13H2,1-2H3/t10-/m0/s1. The molecule has 0 radical (unpaired) electrons. The van der Waals surface area contributed by atoms with Crippen molar-refractivity contribution in [2.75, 3.05) is 0 Å². The van der Waals surface area contributed by atoms with Crippen molar-refractivity contribution < 1.29 is 4.39 Å². The molecule has 72 valence electrons. The second kappa shape index (κ2) is 4.07. The second-order valence-corrected chi connectivity index (χ2v) is 3.91. The zero-order chi connectivity index (χ0) is 10.0. The van der Waals surface area contributed by atoms with Gasteiger partial charge in [0.2, 0.25) is 0 Å². The first kappa shape index (κ1) is 10.5. The van der Waals surface area contributed by atoms with Crippen LogP contribution in [0.2, 0.25) is 5.02 Å². The monoisotopic (exact) mass is 201 g/mol.